The average Bonchev–Trinajstić information content (AvgIpc) is 3.21. The zero-order chi connectivity index (χ0) is 19.0. The van der Waals surface area contributed by atoms with E-state index in [1.807, 2.05) is 18.7 Å². The Hall–Kier alpha value is -2.62. The van der Waals surface area contributed by atoms with Gasteiger partial charge in [-0.15, -0.1) is 0 Å². The second-order valence-electron chi connectivity index (χ2n) is 7.95. The summed E-state index contributed by atoms with van der Waals surface area (Å²) in [5.41, 5.74) is 6.03. The molecule has 27 heavy (non-hydrogen) atoms. The molecule has 2 aromatic carbocycles. The van der Waals surface area contributed by atoms with Crippen molar-refractivity contribution in [2.24, 2.45) is 0 Å². The molecular weight excluding hydrogens is 336 g/mol. The molecule has 0 bridgehead atoms. The van der Waals surface area contributed by atoms with Gasteiger partial charge >= 0.3 is 0 Å². The van der Waals surface area contributed by atoms with Crippen molar-refractivity contribution in [3.63, 3.8) is 0 Å². The number of amides is 2. The summed E-state index contributed by atoms with van der Waals surface area (Å²) in [5.74, 6) is 0.155. The first-order chi connectivity index (χ1) is 13.0. The molecule has 2 amide bonds. The molecular formula is C23H26N2O2. The number of carbonyl (C=O) groups excluding carboxylic acids is 2. The van der Waals surface area contributed by atoms with Crippen LogP contribution in [0.3, 0.4) is 0 Å². The van der Waals surface area contributed by atoms with E-state index in [2.05, 4.69) is 47.8 Å². The number of hydrogen-bond acceptors (Lipinski definition) is 2. The highest BCUT2D eigenvalue weighted by atomic mass is 16.2. The Balaban J connectivity index is 1.36. The maximum atomic E-state index is 12.5. The van der Waals surface area contributed by atoms with E-state index in [4.69, 9.17) is 0 Å². The molecule has 0 spiro atoms. The molecule has 1 saturated heterocycles. The molecule has 1 aliphatic heterocycles. The number of carbonyl (C=O) groups is 2. The van der Waals surface area contributed by atoms with Gasteiger partial charge in [0.15, 0.2) is 0 Å². The summed E-state index contributed by atoms with van der Waals surface area (Å²) in [5, 5.41) is 3.08. The van der Waals surface area contributed by atoms with Crippen LogP contribution >= 0.6 is 0 Å². The van der Waals surface area contributed by atoms with Crippen LogP contribution in [0.1, 0.15) is 34.2 Å². The predicted octanol–water partition coefficient (Wildman–Crippen LogP) is 2.73. The van der Waals surface area contributed by atoms with Gasteiger partial charge in [-0.05, 0) is 48.9 Å². The van der Waals surface area contributed by atoms with E-state index in [1.165, 1.54) is 11.1 Å². The van der Waals surface area contributed by atoms with E-state index in [0.29, 0.717) is 19.4 Å². The Morgan fingerprint density at radius 1 is 1.07 bits per heavy atom. The molecule has 1 atom stereocenters. The van der Waals surface area contributed by atoms with Crippen LogP contribution < -0.4 is 5.32 Å². The van der Waals surface area contributed by atoms with Gasteiger partial charge in [-0.25, -0.2) is 0 Å². The minimum Gasteiger partial charge on any atom is -0.351 e. The van der Waals surface area contributed by atoms with Gasteiger partial charge < -0.3 is 10.2 Å². The van der Waals surface area contributed by atoms with Crippen LogP contribution in [-0.4, -0.2) is 35.3 Å². The number of benzene rings is 2. The van der Waals surface area contributed by atoms with Crippen molar-refractivity contribution in [3.8, 4) is 0 Å². The lowest BCUT2D eigenvalue weighted by Crippen LogP contribution is -2.41. The van der Waals surface area contributed by atoms with E-state index < -0.39 is 0 Å². The number of rotatable bonds is 4. The van der Waals surface area contributed by atoms with Gasteiger partial charge in [0.2, 0.25) is 11.8 Å². The van der Waals surface area contributed by atoms with Crippen LogP contribution in [0.5, 0.6) is 0 Å². The number of nitrogens with one attached hydrogen (secondary N) is 1. The van der Waals surface area contributed by atoms with E-state index >= 15 is 0 Å². The Kier molecular flexibility index (Phi) is 4.73. The lowest BCUT2D eigenvalue weighted by atomic mass is 10.0. The van der Waals surface area contributed by atoms with E-state index in [0.717, 1.165) is 29.5 Å². The third-order valence-electron chi connectivity index (χ3n) is 5.85. The molecule has 0 unspecified atom stereocenters. The summed E-state index contributed by atoms with van der Waals surface area (Å²) in [6, 6.07) is 14.7. The van der Waals surface area contributed by atoms with Crippen molar-refractivity contribution in [2.75, 3.05) is 6.54 Å². The van der Waals surface area contributed by atoms with Crippen LogP contribution in [0, 0.1) is 13.8 Å². The van der Waals surface area contributed by atoms with Crippen LogP contribution in [0.15, 0.2) is 42.5 Å². The molecule has 4 rings (SSSR count). The highest BCUT2D eigenvalue weighted by molar-refractivity contribution is 5.83. The van der Waals surface area contributed by atoms with Gasteiger partial charge in [0.1, 0.15) is 0 Å². The molecule has 1 aliphatic carbocycles. The number of likely N-dealkylation sites (tertiary alicyclic amines) is 1. The summed E-state index contributed by atoms with van der Waals surface area (Å²) < 4.78 is 0. The molecule has 2 aliphatic rings. The predicted molar refractivity (Wildman–Crippen MR) is 106 cm³/mol. The van der Waals surface area contributed by atoms with Crippen LogP contribution in [0.25, 0.3) is 0 Å². The molecule has 4 nitrogen and oxygen atoms in total. The zero-order valence-electron chi connectivity index (χ0n) is 16.0. The minimum atomic E-state index is -0.0844. The molecule has 0 aromatic heterocycles. The molecule has 0 radical (unpaired) electrons. The van der Waals surface area contributed by atoms with Gasteiger partial charge in [0.05, 0.1) is 12.5 Å². The molecule has 2 aromatic rings. The lowest BCUT2D eigenvalue weighted by molar-refractivity contribution is -0.129. The highest BCUT2D eigenvalue weighted by Gasteiger charge is 2.37. The third kappa shape index (κ3) is 3.75. The Morgan fingerprint density at radius 3 is 2.48 bits per heavy atom. The standard InChI is InChI=1S/C23H26N2O2/c1-15-7-8-16(2)19(9-15)12-22(26)24-20-13-23(27)25(14-20)21-10-17-5-3-4-6-18(17)11-21/h3-9,20-21H,10-14H2,1-2H3,(H,24,26)/t20-/m1/s1. The minimum absolute atomic E-state index is 0.00180. The second kappa shape index (κ2) is 7.18. The average molecular weight is 362 g/mol. The molecule has 1 fully saturated rings. The fraction of sp³-hybridized carbons (Fsp3) is 0.391. The van der Waals surface area contributed by atoms with Crippen LogP contribution in [0.4, 0.5) is 0 Å². The first-order valence-electron chi connectivity index (χ1n) is 9.71. The second-order valence-corrected chi connectivity index (χ2v) is 7.95. The molecule has 0 saturated carbocycles. The summed E-state index contributed by atoms with van der Waals surface area (Å²) in [4.78, 5) is 27.0. The van der Waals surface area contributed by atoms with Crippen molar-refractivity contribution in [1.29, 1.82) is 0 Å². The van der Waals surface area contributed by atoms with Crippen molar-refractivity contribution in [2.45, 2.75) is 51.6 Å². The number of aryl methyl sites for hydroxylation is 2. The van der Waals surface area contributed by atoms with E-state index in [1.54, 1.807) is 0 Å². The number of nitrogens with zero attached hydrogens (tertiary/aromatic N) is 1. The van der Waals surface area contributed by atoms with Crippen LogP contribution in [0.2, 0.25) is 0 Å². The normalized spacial score (nSPS) is 19.4. The highest BCUT2D eigenvalue weighted by Crippen LogP contribution is 2.28. The van der Waals surface area contributed by atoms with Crippen LogP contribution in [-0.2, 0) is 28.9 Å². The van der Waals surface area contributed by atoms with Crippen molar-refractivity contribution in [3.05, 3.63) is 70.3 Å². The van der Waals surface area contributed by atoms with Gasteiger partial charge in [-0.2, -0.15) is 0 Å². The van der Waals surface area contributed by atoms with Crippen molar-refractivity contribution in [1.82, 2.24) is 10.2 Å². The van der Waals surface area contributed by atoms with E-state index in [9.17, 15) is 9.59 Å². The molecule has 4 heteroatoms. The third-order valence-corrected chi connectivity index (χ3v) is 5.85. The summed E-state index contributed by atoms with van der Waals surface area (Å²) in [7, 11) is 0. The Bertz CT molecular complexity index is 865. The summed E-state index contributed by atoms with van der Waals surface area (Å²) in [6.07, 6.45) is 2.62. The van der Waals surface area contributed by atoms with Gasteiger partial charge in [-0.1, -0.05) is 48.0 Å². The van der Waals surface area contributed by atoms with E-state index in [-0.39, 0.29) is 23.9 Å². The quantitative estimate of drug-likeness (QED) is 0.909. The monoisotopic (exact) mass is 362 g/mol. The molecule has 1 heterocycles. The summed E-state index contributed by atoms with van der Waals surface area (Å²) in [6.45, 7) is 4.69. The first kappa shape index (κ1) is 17.8. The lowest BCUT2D eigenvalue weighted by Gasteiger charge is -2.24. The first-order valence-corrected chi connectivity index (χ1v) is 9.71. The Labute approximate surface area is 160 Å². The number of hydrogen-bond donors (Lipinski definition) is 1. The topological polar surface area (TPSA) is 49.4 Å². The maximum absolute atomic E-state index is 12.5. The fourth-order valence-electron chi connectivity index (χ4n) is 4.38. The zero-order valence-corrected chi connectivity index (χ0v) is 16.0. The summed E-state index contributed by atoms with van der Waals surface area (Å²) >= 11 is 0. The molecule has 1 N–H and O–H groups in total. The largest absolute Gasteiger partial charge is 0.351 e. The maximum Gasteiger partial charge on any atom is 0.225 e. The van der Waals surface area contributed by atoms with Crippen molar-refractivity contribution < 1.29 is 9.59 Å². The van der Waals surface area contributed by atoms with Gasteiger partial charge in [0, 0.05) is 19.0 Å². The fourth-order valence-corrected chi connectivity index (χ4v) is 4.38. The number of fused-ring (bicyclic) bond motifs is 1. The van der Waals surface area contributed by atoms with Gasteiger partial charge in [-0.3, -0.25) is 9.59 Å². The SMILES string of the molecule is Cc1ccc(C)c(CC(=O)N[C@@H]2CC(=O)N(C3Cc4ccccc4C3)C2)c1. The molecule has 140 valence electrons. The van der Waals surface area contributed by atoms with Crippen molar-refractivity contribution >= 4 is 11.8 Å². The smallest absolute Gasteiger partial charge is 0.225 e. The Morgan fingerprint density at radius 2 is 1.78 bits per heavy atom. The van der Waals surface area contributed by atoms with Gasteiger partial charge in [0.25, 0.3) is 0 Å².